The van der Waals surface area contributed by atoms with E-state index in [1.807, 2.05) is 0 Å². The molecule has 5 heteroatoms. The average Bonchev–Trinajstić information content (AvgIpc) is 1.86. The first-order valence-corrected chi connectivity index (χ1v) is 2.79. The lowest BCUT2D eigenvalue weighted by Crippen LogP contribution is -2.38. The third kappa shape index (κ3) is 1.83. The zero-order valence-electron chi connectivity index (χ0n) is 5.45. The van der Waals surface area contributed by atoms with Gasteiger partial charge in [0.1, 0.15) is 0 Å². The van der Waals surface area contributed by atoms with Gasteiger partial charge >= 0.3 is 12.3 Å². The lowest BCUT2D eigenvalue weighted by atomic mass is 10.1. The van der Waals surface area contributed by atoms with Crippen LogP contribution in [-0.2, 0) is 0 Å². The Balaban J connectivity index is 4.09. The molecule has 62 valence electrons. The molecule has 0 fully saturated rings. The van der Waals surface area contributed by atoms with Gasteiger partial charge in [-0.25, -0.2) is 8.78 Å². The Bertz CT molecular complexity index is 104. The van der Waals surface area contributed by atoms with Crippen molar-refractivity contribution in [3.8, 4) is 0 Å². The normalized spacial score (nSPS) is 15.9. The van der Waals surface area contributed by atoms with E-state index >= 15 is 0 Å². The van der Waals surface area contributed by atoms with Crippen molar-refractivity contribution in [2.45, 2.75) is 19.3 Å². The average molecular weight is 159 g/mol. The summed E-state index contributed by atoms with van der Waals surface area (Å²) in [6.45, 7) is 0.559. The predicted molar refractivity (Wildman–Crippen MR) is 29.2 cm³/mol. The number of halogens is 4. The van der Waals surface area contributed by atoms with Crippen LogP contribution in [0.15, 0.2) is 0 Å². The molecule has 0 saturated heterocycles. The molecular weight excluding hydrogens is 150 g/mol. The molecular formula is C5H9F4N. The van der Waals surface area contributed by atoms with E-state index in [2.05, 4.69) is 0 Å². The monoisotopic (exact) mass is 159 g/mol. The third-order valence-corrected chi connectivity index (χ3v) is 1.30. The molecule has 1 nitrogen and oxygen atoms in total. The van der Waals surface area contributed by atoms with E-state index in [0.717, 1.165) is 6.92 Å². The Hall–Kier alpha value is -0.320. The van der Waals surface area contributed by atoms with Crippen LogP contribution in [0.5, 0.6) is 0 Å². The van der Waals surface area contributed by atoms with Gasteiger partial charge in [-0.2, -0.15) is 8.78 Å². The number of hydrogen-bond acceptors (Lipinski definition) is 1. The van der Waals surface area contributed by atoms with E-state index in [1.54, 1.807) is 0 Å². The second kappa shape index (κ2) is 3.18. The summed E-state index contributed by atoms with van der Waals surface area (Å²) < 4.78 is 47.1. The molecule has 10 heavy (non-hydrogen) atoms. The number of rotatable bonds is 3. The highest BCUT2D eigenvalue weighted by atomic mass is 19.3. The van der Waals surface area contributed by atoms with Gasteiger partial charge in [0.25, 0.3) is 0 Å². The van der Waals surface area contributed by atoms with Crippen LogP contribution in [0.1, 0.15) is 6.92 Å². The van der Waals surface area contributed by atoms with Crippen LogP contribution < -0.4 is 5.73 Å². The summed E-state index contributed by atoms with van der Waals surface area (Å²) in [5.41, 5.74) is 4.78. The van der Waals surface area contributed by atoms with Crippen LogP contribution in [-0.4, -0.2) is 18.9 Å². The minimum atomic E-state index is -3.95. The van der Waals surface area contributed by atoms with Crippen molar-refractivity contribution in [3.63, 3.8) is 0 Å². The first kappa shape index (κ1) is 9.68. The first-order valence-electron chi connectivity index (χ1n) is 2.79. The summed E-state index contributed by atoms with van der Waals surface area (Å²) in [5.74, 6) is -5.41. The molecule has 2 N–H and O–H groups in total. The van der Waals surface area contributed by atoms with Crippen molar-refractivity contribution in [3.05, 3.63) is 0 Å². The molecule has 1 atom stereocenters. The van der Waals surface area contributed by atoms with Crippen molar-refractivity contribution < 1.29 is 17.6 Å². The van der Waals surface area contributed by atoms with E-state index < -0.39 is 24.8 Å². The molecule has 0 amide bonds. The van der Waals surface area contributed by atoms with Crippen molar-refractivity contribution in [1.29, 1.82) is 0 Å². The Morgan fingerprint density at radius 3 is 1.90 bits per heavy atom. The summed E-state index contributed by atoms with van der Waals surface area (Å²) in [6, 6.07) is 0. The van der Waals surface area contributed by atoms with Gasteiger partial charge in [0.05, 0.1) is 0 Å². The molecule has 0 heterocycles. The zero-order chi connectivity index (χ0) is 8.36. The summed E-state index contributed by atoms with van der Waals surface area (Å²) in [7, 11) is 0. The van der Waals surface area contributed by atoms with Crippen molar-refractivity contribution in [2.75, 3.05) is 6.54 Å². The molecule has 0 aromatic heterocycles. The molecule has 0 aromatic carbocycles. The molecule has 0 saturated carbocycles. The van der Waals surface area contributed by atoms with Gasteiger partial charge < -0.3 is 5.73 Å². The van der Waals surface area contributed by atoms with E-state index in [-0.39, 0.29) is 0 Å². The van der Waals surface area contributed by atoms with Crippen molar-refractivity contribution in [1.82, 2.24) is 0 Å². The maximum absolute atomic E-state index is 12.1. The van der Waals surface area contributed by atoms with Crippen LogP contribution in [0.3, 0.4) is 0 Å². The molecule has 0 aliphatic rings. The molecule has 0 bridgehead atoms. The van der Waals surface area contributed by atoms with Crippen LogP contribution in [0.4, 0.5) is 17.6 Å². The second-order valence-electron chi connectivity index (χ2n) is 2.11. The molecule has 0 aliphatic carbocycles. The minimum Gasteiger partial charge on any atom is -0.330 e. The van der Waals surface area contributed by atoms with Gasteiger partial charge in [-0.1, -0.05) is 6.92 Å². The molecule has 0 radical (unpaired) electrons. The lowest BCUT2D eigenvalue weighted by molar-refractivity contribution is -0.158. The SMILES string of the molecule is CC(CN)C(F)(F)C(F)F. The first-order chi connectivity index (χ1) is 4.42. The third-order valence-electron chi connectivity index (χ3n) is 1.30. The largest absolute Gasteiger partial charge is 0.330 e. The van der Waals surface area contributed by atoms with E-state index in [0.29, 0.717) is 0 Å². The number of alkyl halides is 4. The topological polar surface area (TPSA) is 26.0 Å². The summed E-state index contributed by atoms with van der Waals surface area (Å²) in [5, 5.41) is 0. The number of nitrogens with two attached hydrogens (primary N) is 1. The van der Waals surface area contributed by atoms with E-state index in [9.17, 15) is 17.6 Å². The van der Waals surface area contributed by atoms with Crippen LogP contribution in [0, 0.1) is 5.92 Å². The summed E-state index contributed by atoms with van der Waals surface area (Å²) in [4.78, 5) is 0. The van der Waals surface area contributed by atoms with Gasteiger partial charge in [0.2, 0.25) is 0 Å². The molecule has 0 rings (SSSR count). The summed E-state index contributed by atoms with van der Waals surface area (Å²) in [6.07, 6.45) is -3.62. The van der Waals surface area contributed by atoms with Crippen LogP contribution >= 0.6 is 0 Å². The Kier molecular flexibility index (Phi) is 3.08. The van der Waals surface area contributed by atoms with Gasteiger partial charge in [-0.3, -0.25) is 0 Å². The van der Waals surface area contributed by atoms with E-state index in [4.69, 9.17) is 5.73 Å². The number of hydrogen-bond donors (Lipinski definition) is 1. The molecule has 0 aliphatic heterocycles. The van der Waals surface area contributed by atoms with Crippen LogP contribution in [0.2, 0.25) is 0 Å². The maximum atomic E-state index is 12.1. The quantitative estimate of drug-likeness (QED) is 0.620. The second-order valence-corrected chi connectivity index (χ2v) is 2.11. The van der Waals surface area contributed by atoms with E-state index in [1.165, 1.54) is 0 Å². The Morgan fingerprint density at radius 1 is 1.40 bits per heavy atom. The molecule has 1 unspecified atom stereocenters. The highest BCUT2D eigenvalue weighted by molar-refractivity contribution is 4.76. The fraction of sp³-hybridized carbons (Fsp3) is 1.00. The summed E-state index contributed by atoms with van der Waals surface area (Å²) >= 11 is 0. The molecule has 0 aromatic rings. The van der Waals surface area contributed by atoms with Gasteiger partial charge in [-0.15, -0.1) is 0 Å². The highest BCUT2D eigenvalue weighted by Crippen LogP contribution is 2.30. The van der Waals surface area contributed by atoms with Gasteiger partial charge in [-0.05, 0) is 0 Å². The van der Waals surface area contributed by atoms with Gasteiger partial charge in [0, 0.05) is 12.5 Å². The van der Waals surface area contributed by atoms with Crippen molar-refractivity contribution in [2.24, 2.45) is 11.7 Å². The lowest BCUT2D eigenvalue weighted by Gasteiger charge is -2.20. The maximum Gasteiger partial charge on any atom is 0.311 e. The van der Waals surface area contributed by atoms with Crippen molar-refractivity contribution >= 4 is 0 Å². The minimum absolute atomic E-state index is 0.433. The fourth-order valence-corrected chi connectivity index (χ4v) is 0.372. The predicted octanol–water partition coefficient (Wildman–Crippen LogP) is 1.48. The Morgan fingerprint density at radius 2 is 1.80 bits per heavy atom. The smallest absolute Gasteiger partial charge is 0.311 e. The zero-order valence-corrected chi connectivity index (χ0v) is 5.45. The standard InChI is InChI=1S/C5H9F4N/c1-3(2-10)5(8,9)4(6)7/h3-4H,2,10H2,1H3. The fourth-order valence-electron chi connectivity index (χ4n) is 0.372. The Labute approximate surface area is 56.2 Å². The van der Waals surface area contributed by atoms with Crippen LogP contribution in [0.25, 0.3) is 0 Å². The highest BCUT2D eigenvalue weighted by Gasteiger charge is 2.45. The van der Waals surface area contributed by atoms with Gasteiger partial charge in [0.15, 0.2) is 0 Å². The molecule has 0 spiro atoms.